The van der Waals surface area contributed by atoms with Crippen LogP contribution in [0.25, 0.3) is 0 Å². The van der Waals surface area contributed by atoms with Crippen molar-refractivity contribution in [2.24, 2.45) is 5.92 Å². The average molecular weight is 288 g/mol. The highest BCUT2D eigenvalue weighted by atomic mass is 32.2. The highest BCUT2D eigenvalue weighted by Gasteiger charge is 2.24. The van der Waals surface area contributed by atoms with Gasteiger partial charge in [0.1, 0.15) is 0 Å². The Morgan fingerprint density at radius 3 is 2.37 bits per heavy atom. The van der Waals surface area contributed by atoms with Crippen LogP contribution >= 0.6 is 0 Å². The molecular weight excluding hydrogens is 268 g/mol. The number of furan rings is 1. The summed E-state index contributed by atoms with van der Waals surface area (Å²) < 4.78 is 30.3. The van der Waals surface area contributed by atoms with Gasteiger partial charge in [-0.3, -0.25) is 4.79 Å². The molecule has 19 heavy (non-hydrogen) atoms. The normalized spacial score (nSPS) is 13.6. The van der Waals surface area contributed by atoms with Crippen LogP contribution in [0.1, 0.15) is 31.3 Å². The van der Waals surface area contributed by atoms with Gasteiger partial charge >= 0.3 is 0 Å². The summed E-state index contributed by atoms with van der Waals surface area (Å²) in [6.07, 6.45) is 0. The fourth-order valence-electron chi connectivity index (χ4n) is 1.49. The van der Waals surface area contributed by atoms with Crippen LogP contribution in [0, 0.1) is 5.92 Å². The maximum Gasteiger partial charge on any atom is 0.289 e. The van der Waals surface area contributed by atoms with Gasteiger partial charge in [-0.1, -0.05) is 13.8 Å². The molecule has 1 rings (SSSR count). The first-order valence-electron chi connectivity index (χ1n) is 6.01. The molecule has 0 aromatic carbocycles. The monoisotopic (exact) mass is 288 g/mol. The molecule has 0 fully saturated rings. The predicted octanol–water partition coefficient (Wildman–Crippen LogP) is 1.30. The van der Waals surface area contributed by atoms with Gasteiger partial charge in [-0.2, -0.15) is 0 Å². The molecule has 0 spiro atoms. The van der Waals surface area contributed by atoms with Gasteiger partial charge in [0.05, 0.1) is 0 Å². The molecule has 108 valence electrons. The van der Waals surface area contributed by atoms with Crippen LogP contribution in [0.15, 0.2) is 21.6 Å². The number of hydrogen-bond donors (Lipinski definition) is 1. The molecule has 0 radical (unpaired) electrons. The van der Waals surface area contributed by atoms with Crippen LogP contribution in [0.4, 0.5) is 0 Å². The number of carbonyl (C=O) groups is 1. The van der Waals surface area contributed by atoms with Crippen LogP contribution in [0.3, 0.4) is 0 Å². The molecule has 1 heterocycles. The van der Waals surface area contributed by atoms with Crippen molar-refractivity contribution in [3.63, 3.8) is 0 Å². The molecule has 0 saturated carbocycles. The molecule has 1 atom stereocenters. The number of rotatable bonds is 5. The molecule has 1 aromatic heterocycles. The Morgan fingerprint density at radius 2 is 1.89 bits per heavy atom. The Balaban J connectivity index is 2.97. The van der Waals surface area contributed by atoms with Crippen LogP contribution in [-0.2, 0) is 10.0 Å². The third kappa shape index (κ3) is 3.36. The molecule has 0 aliphatic rings. The maximum absolute atomic E-state index is 12.1. The van der Waals surface area contributed by atoms with Crippen molar-refractivity contribution in [2.45, 2.75) is 31.9 Å². The number of amides is 1. The van der Waals surface area contributed by atoms with E-state index in [0.29, 0.717) is 5.92 Å². The topological polar surface area (TPSA) is 79.6 Å². The SMILES string of the molecule is CNS(=O)(=O)c1ccc(C(=O)N(C)[C@@H](C)C(C)C)o1. The largest absolute Gasteiger partial charge is 0.438 e. The molecule has 0 bridgehead atoms. The van der Waals surface area contributed by atoms with E-state index in [9.17, 15) is 13.2 Å². The predicted molar refractivity (Wildman–Crippen MR) is 71.3 cm³/mol. The van der Waals surface area contributed by atoms with E-state index < -0.39 is 10.0 Å². The van der Waals surface area contributed by atoms with E-state index in [-0.39, 0.29) is 22.8 Å². The van der Waals surface area contributed by atoms with Crippen LogP contribution in [-0.4, -0.2) is 39.4 Å². The second kappa shape index (κ2) is 5.75. The van der Waals surface area contributed by atoms with Gasteiger partial charge in [-0.25, -0.2) is 13.1 Å². The second-order valence-corrected chi connectivity index (χ2v) is 6.54. The number of carbonyl (C=O) groups excluding carboxylic acids is 1. The first-order chi connectivity index (χ1) is 8.70. The molecular formula is C12H20N2O4S. The summed E-state index contributed by atoms with van der Waals surface area (Å²) in [6.45, 7) is 5.94. The van der Waals surface area contributed by atoms with Crippen molar-refractivity contribution in [1.29, 1.82) is 0 Å². The first kappa shape index (κ1) is 15.7. The maximum atomic E-state index is 12.1. The summed E-state index contributed by atoms with van der Waals surface area (Å²) in [6, 6.07) is 2.67. The van der Waals surface area contributed by atoms with Crippen molar-refractivity contribution < 1.29 is 17.6 Å². The number of hydrogen-bond acceptors (Lipinski definition) is 4. The molecule has 7 heteroatoms. The molecule has 0 aliphatic heterocycles. The average Bonchev–Trinajstić information content (AvgIpc) is 2.86. The zero-order valence-electron chi connectivity index (χ0n) is 11.8. The Morgan fingerprint density at radius 1 is 1.32 bits per heavy atom. The van der Waals surface area contributed by atoms with Crippen molar-refractivity contribution in [3.8, 4) is 0 Å². The Hall–Kier alpha value is -1.34. The van der Waals surface area contributed by atoms with Gasteiger partial charge in [-0.05, 0) is 32.0 Å². The van der Waals surface area contributed by atoms with E-state index in [1.807, 2.05) is 20.8 Å². The van der Waals surface area contributed by atoms with Gasteiger partial charge in [0.2, 0.25) is 5.09 Å². The van der Waals surface area contributed by atoms with E-state index in [1.54, 1.807) is 11.9 Å². The van der Waals surface area contributed by atoms with E-state index in [0.717, 1.165) is 0 Å². The smallest absolute Gasteiger partial charge is 0.289 e. The van der Waals surface area contributed by atoms with E-state index in [2.05, 4.69) is 4.72 Å². The molecule has 0 unspecified atom stereocenters. The summed E-state index contributed by atoms with van der Waals surface area (Å²) in [5.74, 6) is -0.0213. The Bertz CT molecular complexity index is 548. The lowest BCUT2D eigenvalue weighted by Gasteiger charge is -2.27. The summed E-state index contributed by atoms with van der Waals surface area (Å²) in [5.41, 5.74) is 0. The lowest BCUT2D eigenvalue weighted by Crippen LogP contribution is -2.38. The first-order valence-corrected chi connectivity index (χ1v) is 7.49. The van der Waals surface area contributed by atoms with Crippen LogP contribution in [0.2, 0.25) is 0 Å². The van der Waals surface area contributed by atoms with Gasteiger partial charge in [0.25, 0.3) is 15.9 Å². The minimum Gasteiger partial charge on any atom is -0.438 e. The quantitative estimate of drug-likeness (QED) is 0.885. The fourth-order valence-corrected chi connectivity index (χ4v) is 2.13. The summed E-state index contributed by atoms with van der Waals surface area (Å²) in [5, 5.41) is -0.260. The molecule has 1 N–H and O–H groups in total. The standard InChI is InChI=1S/C12H20N2O4S/c1-8(2)9(3)14(5)12(15)10-6-7-11(18-10)19(16,17)13-4/h6-9,13H,1-5H3/t9-/m0/s1. The van der Waals surface area contributed by atoms with Crippen molar-refractivity contribution in [1.82, 2.24) is 9.62 Å². The number of sulfonamides is 1. The summed E-state index contributed by atoms with van der Waals surface area (Å²) in [4.78, 5) is 13.7. The van der Waals surface area contributed by atoms with E-state index >= 15 is 0 Å². The molecule has 1 amide bonds. The fraction of sp³-hybridized carbons (Fsp3) is 0.583. The van der Waals surface area contributed by atoms with Gasteiger partial charge < -0.3 is 9.32 Å². The van der Waals surface area contributed by atoms with Gasteiger partial charge in [0, 0.05) is 13.1 Å². The molecule has 0 saturated heterocycles. The second-order valence-electron chi connectivity index (χ2n) is 4.73. The zero-order valence-corrected chi connectivity index (χ0v) is 12.6. The Kier molecular flexibility index (Phi) is 4.75. The molecule has 6 nitrogen and oxygen atoms in total. The highest BCUT2D eigenvalue weighted by molar-refractivity contribution is 7.89. The molecule has 0 aliphatic carbocycles. The van der Waals surface area contributed by atoms with Gasteiger partial charge in [0.15, 0.2) is 5.76 Å². The number of nitrogens with zero attached hydrogens (tertiary/aromatic N) is 1. The summed E-state index contributed by atoms with van der Waals surface area (Å²) >= 11 is 0. The third-order valence-electron chi connectivity index (χ3n) is 3.22. The van der Waals surface area contributed by atoms with Crippen LogP contribution in [0.5, 0.6) is 0 Å². The lowest BCUT2D eigenvalue weighted by atomic mass is 10.1. The molecule has 1 aromatic rings. The third-order valence-corrected chi connectivity index (χ3v) is 4.51. The summed E-state index contributed by atoms with van der Waals surface area (Å²) in [7, 11) is -0.708. The van der Waals surface area contributed by atoms with Gasteiger partial charge in [-0.15, -0.1) is 0 Å². The zero-order chi connectivity index (χ0) is 14.8. The van der Waals surface area contributed by atoms with E-state index in [1.165, 1.54) is 19.2 Å². The van der Waals surface area contributed by atoms with Crippen molar-refractivity contribution in [3.05, 3.63) is 17.9 Å². The highest BCUT2D eigenvalue weighted by Crippen LogP contribution is 2.17. The lowest BCUT2D eigenvalue weighted by molar-refractivity contribution is 0.0669. The van der Waals surface area contributed by atoms with E-state index in [4.69, 9.17) is 4.42 Å². The minimum absolute atomic E-state index is 0.0174. The van der Waals surface area contributed by atoms with Crippen LogP contribution < -0.4 is 4.72 Å². The van der Waals surface area contributed by atoms with Crippen molar-refractivity contribution >= 4 is 15.9 Å². The minimum atomic E-state index is -3.66. The Labute approximate surface area is 113 Å². The van der Waals surface area contributed by atoms with Crippen molar-refractivity contribution in [2.75, 3.05) is 14.1 Å². The number of nitrogens with one attached hydrogen (secondary N) is 1.